The Hall–Kier alpha value is -3.47. The maximum absolute atomic E-state index is 13.3. The maximum atomic E-state index is 13.3. The Morgan fingerprint density at radius 1 is 1.14 bits per heavy atom. The molecule has 0 amide bonds. The summed E-state index contributed by atoms with van der Waals surface area (Å²) in [4.78, 5) is 7.43. The van der Waals surface area contributed by atoms with E-state index in [-0.39, 0.29) is 24.0 Å². The number of aromatic amines is 1. The van der Waals surface area contributed by atoms with Crippen molar-refractivity contribution in [2.75, 3.05) is 18.4 Å². The number of aryl methyl sites for hydroxylation is 2. The fourth-order valence-electron chi connectivity index (χ4n) is 4.91. The van der Waals surface area contributed by atoms with Crippen molar-refractivity contribution >= 4 is 26.9 Å². The van der Waals surface area contributed by atoms with Gasteiger partial charge in [-0.05, 0) is 68.1 Å². The lowest BCUT2D eigenvalue weighted by atomic mass is 9.97. The van der Waals surface area contributed by atoms with Crippen LogP contribution in [0, 0.1) is 26.0 Å². The lowest BCUT2D eigenvalue weighted by molar-refractivity contribution is -0.585. The summed E-state index contributed by atoms with van der Waals surface area (Å²) in [6, 6.07) is 11.9. The molecule has 0 aliphatic carbocycles. The number of H-pyrrole nitrogens is 1. The molecule has 3 aromatic heterocycles. The monoisotopic (exact) mass is 507 g/mol. The first-order valence-electron chi connectivity index (χ1n) is 11.8. The van der Waals surface area contributed by atoms with Crippen LogP contribution in [0.5, 0.6) is 0 Å². The van der Waals surface area contributed by atoms with E-state index >= 15 is 0 Å². The van der Waals surface area contributed by atoms with E-state index < -0.39 is 16.1 Å². The van der Waals surface area contributed by atoms with Gasteiger partial charge in [0.25, 0.3) is 5.65 Å². The van der Waals surface area contributed by atoms with Crippen LogP contribution in [0.3, 0.4) is 0 Å². The fraction of sp³-hybridized carbons (Fsp3) is 0.308. The number of aromatic nitrogens is 3. The van der Waals surface area contributed by atoms with Crippen LogP contribution in [0.1, 0.15) is 23.2 Å². The molecule has 0 radical (unpaired) electrons. The smallest absolute Gasteiger partial charge is 0.290 e. The molecule has 9 nitrogen and oxygen atoms in total. The zero-order valence-corrected chi connectivity index (χ0v) is 21.2. The Morgan fingerprint density at radius 2 is 1.89 bits per heavy atom. The van der Waals surface area contributed by atoms with Gasteiger partial charge in [-0.15, -0.1) is 0 Å². The first-order chi connectivity index (χ1) is 17.2. The van der Waals surface area contributed by atoms with Gasteiger partial charge in [-0.25, -0.2) is 23.1 Å². The van der Waals surface area contributed by atoms with E-state index in [4.69, 9.17) is 0 Å². The Balaban J connectivity index is 1.35. The average molecular weight is 508 g/mol. The van der Waals surface area contributed by atoms with Gasteiger partial charge >= 0.3 is 0 Å². The molecule has 10 heteroatoms. The zero-order chi connectivity index (χ0) is 25.6. The molecule has 3 N–H and O–H groups in total. The molecule has 4 aromatic rings. The Morgan fingerprint density at radius 3 is 2.56 bits per heavy atom. The predicted octanol–water partition coefficient (Wildman–Crippen LogP) is 3.02. The summed E-state index contributed by atoms with van der Waals surface area (Å²) >= 11 is 0. The summed E-state index contributed by atoms with van der Waals surface area (Å²) < 4.78 is 28.9. The summed E-state index contributed by atoms with van der Waals surface area (Å²) in [7, 11) is -3.79. The number of hydrogen-bond acceptors (Lipinski definition) is 6. The minimum atomic E-state index is -3.79. The topological polar surface area (TPSA) is 125 Å². The van der Waals surface area contributed by atoms with Crippen LogP contribution in [0.4, 0.5) is 5.82 Å². The molecule has 1 saturated heterocycles. The lowest BCUT2D eigenvalue weighted by Crippen LogP contribution is -2.51. The van der Waals surface area contributed by atoms with Gasteiger partial charge in [-0.1, -0.05) is 18.2 Å². The highest BCUT2D eigenvalue weighted by atomic mass is 32.2. The molecule has 188 valence electrons. The quantitative estimate of drug-likeness (QED) is 0.282. The lowest BCUT2D eigenvalue weighted by Gasteiger charge is -2.35. The molecule has 0 saturated carbocycles. The molecule has 1 aromatic carbocycles. The number of piperidine rings is 1. The molecular weight excluding hydrogens is 478 g/mol. The molecule has 1 aliphatic heterocycles. The molecule has 0 bridgehead atoms. The van der Waals surface area contributed by atoms with E-state index in [1.54, 1.807) is 43.6 Å². The van der Waals surface area contributed by atoms with Crippen molar-refractivity contribution in [3.05, 3.63) is 76.9 Å². The third-order valence-electron chi connectivity index (χ3n) is 6.94. The van der Waals surface area contributed by atoms with Crippen molar-refractivity contribution in [2.24, 2.45) is 0 Å². The molecule has 4 heterocycles. The van der Waals surface area contributed by atoms with Crippen molar-refractivity contribution in [3.8, 4) is 11.1 Å². The van der Waals surface area contributed by atoms with Crippen LogP contribution in [0.2, 0.25) is 0 Å². The number of rotatable bonds is 5. The van der Waals surface area contributed by atoms with Crippen molar-refractivity contribution in [1.82, 2.24) is 14.3 Å². The highest BCUT2D eigenvalue weighted by Crippen LogP contribution is 2.31. The van der Waals surface area contributed by atoms with Gasteiger partial charge in [-0.3, -0.25) is 0 Å². The second kappa shape index (κ2) is 9.20. The van der Waals surface area contributed by atoms with E-state index in [0.29, 0.717) is 23.6 Å². The molecule has 1 aliphatic rings. The summed E-state index contributed by atoms with van der Waals surface area (Å²) in [6.45, 7) is 5.93. The zero-order valence-electron chi connectivity index (χ0n) is 20.4. The number of fused-ring (bicyclic) bond motifs is 1. The first-order valence-corrected chi connectivity index (χ1v) is 13.3. The standard InChI is InChI=1S/C26H29N5O4S/c1-16-4-9-24(28-14-16)29-22-11-13-30(15-23(22)32)36(34,35)20-7-5-19(6-8-20)25-17(2)21-10-12-27-26(21)31(33)18(25)3/h4-10,12,14,22-23,27,32H,11,13,15H2,1-3H3,(H,28,29)/t22-,23+/m1/s1. The fourth-order valence-corrected chi connectivity index (χ4v) is 6.38. The number of benzene rings is 1. The highest BCUT2D eigenvalue weighted by Gasteiger charge is 2.35. The first kappa shape index (κ1) is 24.2. The van der Waals surface area contributed by atoms with E-state index in [1.165, 1.54) is 4.31 Å². The van der Waals surface area contributed by atoms with Crippen molar-refractivity contribution in [2.45, 2.75) is 44.2 Å². The summed E-state index contributed by atoms with van der Waals surface area (Å²) in [6.07, 6.45) is 3.05. The number of β-amino-alcohol motifs (C(OH)–C–C–N with tert-alkyl or cyclic N) is 1. The third-order valence-corrected chi connectivity index (χ3v) is 8.82. The van der Waals surface area contributed by atoms with Crippen LogP contribution in [-0.2, 0) is 10.0 Å². The van der Waals surface area contributed by atoms with E-state index in [1.807, 2.05) is 32.0 Å². The second-order valence-corrected chi connectivity index (χ2v) is 11.3. The number of nitrogens with one attached hydrogen (secondary N) is 2. The van der Waals surface area contributed by atoms with E-state index in [0.717, 1.165) is 32.4 Å². The van der Waals surface area contributed by atoms with Gasteiger partial charge in [0.15, 0.2) is 0 Å². The number of hydrogen-bond donors (Lipinski definition) is 3. The molecule has 1 fully saturated rings. The van der Waals surface area contributed by atoms with E-state index in [2.05, 4.69) is 15.3 Å². The van der Waals surface area contributed by atoms with E-state index in [9.17, 15) is 18.7 Å². The summed E-state index contributed by atoms with van der Waals surface area (Å²) in [5, 5.41) is 27.4. The number of aliphatic hydroxyl groups is 1. The van der Waals surface area contributed by atoms with Gasteiger partial charge in [0.2, 0.25) is 10.0 Å². The normalized spacial score (nSPS) is 19.0. The van der Waals surface area contributed by atoms with Crippen LogP contribution < -0.4 is 10.0 Å². The average Bonchev–Trinajstić information content (AvgIpc) is 3.36. The Labute approximate surface area is 210 Å². The second-order valence-electron chi connectivity index (χ2n) is 9.33. The predicted molar refractivity (Wildman–Crippen MR) is 138 cm³/mol. The number of sulfonamides is 1. The number of aliphatic hydroxyl groups excluding tert-OH is 1. The number of anilines is 1. The van der Waals surface area contributed by atoms with Crippen molar-refractivity contribution < 1.29 is 18.3 Å². The molecular formula is C26H29N5O4S. The molecule has 0 unspecified atom stereocenters. The molecule has 2 atom stereocenters. The molecule has 36 heavy (non-hydrogen) atoms. The summed E-state index contributed by atoms with van der Waals surface area (Å²) in [5.41, 5.74) is 4.59. The highest BCUT2D eigenvalue weighted by molar-refractivity contribution is 7.89. The van der Waals surface area contributed by atoms with Gasteiger partial charge in [0, 0.05) is 24.8 Å². The largest absolute Gasteiger partial charge is 0.710 e. The number of nitrogens with zero attached hydrogens (tertiary/aromatic N) is 3. The minimum Gasteiger partial charge on any atom is -0.710 e. The van der Waals surface area contributed by atoms with Crippen LogP contribution in [0.25, 0.3) is 22.2 Å². The third kappa shape index (κ3) is 4.21. The van der Waals surface area contributed by atoms with Gasteiger partial charge in [0.1, 0.15) is 11.5 Å². The van der Waals surface area contributed by atoms with Gasteiger partial charge < -0.3 is 15.6 Å². The molecule has 5 rings (SSSR count). The Bertz CT molecular complexity index is 1510. The minimum absolute atomic E-state index is 0.00777. The SMILES string of the molecule is Cc1ccc(N[C@@H]2CCN(S(=O)(=O)c3ccc(-c4c(C)c5cc[nH]c5[n+]([O-])c4C)cc3)C[C@@H]2O)nc1. The van der Waals surface area contributed by atoms with Crippen LogP contribution in [-0.4, -0.2) is 53.0 Å². The van der Waals surface area contributed by atoms with Crippen LogP contribution >= 0.6 is 0 Å². The van der Waals surface area contributed by atoms with Gasteiger partial charge in [0.05, 0.1) is 28.6 Å². The summed E-state index contributed by atoms with van der Waals surface area (Å²) in [5.74, 6) is 0.652. The maximum Gasteiger partial charge on any atom is 0.290 e. The van der Waals surface area contributed by atoms with Crippen LogP contribution in [0.15, 0.2) is 59.8 Å². The Kier molecular flexibility index (Phi) is 6.19. The molecule has 0 spiro atoms. The number of pyridine rings is 2. The van der Waals surface area contributed by atoms with Crippen molar-refractivity contribution in [3.63, 3.8) is 0 Å². The van der Waals surface area contributed by atoms with Gasteiger partial charge in [-0.2, -0.15) is 4.31 Å². The van der Waals surface area contributed by atoms with Crippen molar-refractivity contribution in [1.29, 1.82) is 0 Å².